The summed E-state index contributed by atoms with van der Waals surface area (Å²) in [5.74, 6) is 0.786. The van der Waals surface area contributed by atoms with Crippen LogP contribution in [0.2, 0.25) is 0 Å². The van der Waals surface area contributed by atoms with Crippen molar-refractivity contribution in [3.63, 3.8) is 0 Å². The molecule has 0 aromatic heterocycles. The van der Waals surface area contributed by atoms with Crippen molar-refractivity contribution < 1.29 is 4.79 Å². The predicted octanol–water partition coefficient (Wildman–Crippen LogP) is 2.73. The summed E-state index contributed by atoms with van der Waals surface area (Å²) in [6.45, 7) is 4.41. The van der Waals surface area contributed by atoms with E-state index in [0.717, 1.165) is 19.3 Å². The predicted molar refractivity (Wildman–Crippen MR) is 59.0 cm³/mol. The quantitative estimate of drug-likeness (QED) is 0.740. The number of carbonyl (C=O) groups excluding carboxylic acids is 1. The Morgan fingerprint density at radius 2 is 1.93 bits per heavy atom. The van der Waals surface area contributed by atoms with E-state index in [2.05, 4.69) is 19.2 Å². The maximum atomic E-state index is 12.0. The van der Waals surface area contributed by atoms with Crippen LogP contribution in [0.5, 0.6) is 0 Å². The van der Waals surface area contributed by atoms with Gasteiger partial charge in [0.05, 0.1) is 5.41 Å². The summed E-state index contributed by atoms with van der Waals surface area (Å²) in [7, 11) is 1.76. The average Bonchev–Trinajstić information content (AvgIpc) is 2.27. The van der Waals surface area contributed by atoms with Gasteiger partial charge in [-0.15, -0.1) is 0 Å². The molecule has 0 bridgehead atoms. The summed E-state index contributed by atoms with van der Waals surface area (Å²) in [6.07, 6.45) is 7.02. The van der Waals surface area contributed by atoms with Crippen LogP contribution < -0.4 is 5.32 Å². The molecule has 0 radical (unpaired) electrons. The Hall–Kier alpha value is -0.530. The van der Waals surface area contributed by atoms with Gasteiger partial charge in [-0.2, -0.15) is 0 Å². The first kappa shape index (κ1) is 11.5. The molecule has 0 saturated heterocycles. The summed E-state index contributed by atoms with van der Waals surface area (Å²) < 4.78 is 0. The first-order valence-electron chi connectivity index (χ1n) is 5.89. The highest BCUT2D eigenvalue weighted by molar-refractivity contribution is 5.82. The molecule has 1 atom stereocenters. The molecule has 0 aromatic carbocycles. The average molecular weight is 197 g/mol. The van der Waals surface area contributed by atoms with Crippen molar-refractivity contribution in [2.45, 2.75) is 52.4 Å². The third-order valence-corrected chi connectivity index (χ3v) is 3.98. The molecule has 2 nitrogen and oxygen atoms in total. The van der Waals surface area contributed by atoms with Gasteiger partial charge in [-0.05, 0) is 18.8 Å². The molecule has 0 spiro atoms. The van der Waals surface area contributed by atoms with Crippen molar-refractivity contribution in [2.24, 2.45) is 11.3 Å². The Morgan fingerprint density at radius 3 is 2.36 bits per heavy atom. The van der Waals surface area contributed by atoms with E-state index in [9.17, 15) is 4.79 Å². The number of hydrogen-bond donors (Lipinski definition) is 1. The van der Waals surface area contributed by atoms with E-state index < -0.39 is 0 Å². The largest absolute Gasteiger partial charge is 0.359 e. The van der Waals surface area contributed by atoms with Gasteiger partial charge in [0.15, 0.2) is 0 Å². The third-order valence-electron chi connectivity index (χ3n) is 3.98. The molecular formula is C12H23NO. The summed E-state index contributed by atoms with van der Waals surface area (Å²) in [5, 5.41) is 2.85. The van der Waals surface area contributed by atoms with Crippen LogP contribution in [0.1, 0.15) is 52.4 Å². The fourth-order valence-electron chi connectivity index (χ4n) is 2.77. The second-order valence-electron chi connectivity index (χ2n) is 4.61. The Kier molecular flexibility index (Phi) is 3.97. The van der Waals surface area contributed by atoms with Gasteiger partial charge in [0.1, 0.15) is 0 Å². The molecule has 82 valence electrons. The van der Waals surface area contributed by atoms with Crippen LogP contribution in [0.15, 0.2) is 0 Å². The second-order valence-corrected chi connectivity index (χ2v) is 4.61. The summed E-state index contributed by atoms with van der Waals surface area (Å²) in [5.41, 5.74) is -0.0538. The van der Waals surface area contributed by atoms with Crippen molar-refractivity contribution in [3.05, 3.63) is 0 Å². The molecule has 1 aliphatic rings. The van der Waals surface area contributed by atoms with Crippen molar-refractivity contribution in [1.29, 1.82) is 0 Å². The van der Waals surface area contributed by atoms with E-state index in [1.54, 1.807) is 7.05 Å². The van der Waals surface area contributed by atoms with Crippen LogP contribution in [-0.2, 0) is 4.79 Å². The molecule has 1 fully saturated rings. The zero-order valence-electron chi connectivity index (χ0n) is 9.73. The van der Waals surface area contributed by atoms with Crippen LogP contribution in [0.3, 0.4) is 0 Å². The molecule has 1 aliphatic carbocycles. The maximum absolute atomic E-state index is 12.0. The zero-order valence-corrected chi connectivity index (χ0v) is 9.73. The van der Waals surface area contributed by atoms with Crippen LogP contribution in [-0.4, -0.2) is 13.0 Å². The second kappa shape index (κ2) is 4.81. The highest BCUT2D eigenvalue weighted by atomic mass is 16.2. The number of carbonyl (C=O) groups is 1. The lowest BCUT2D eigenvalue weighted by atomic mass is 9.65. The van der Waals surface area contributed by atoms with Crippen molar-refractivity contribution in [2.75, 3.05) is 7.05 Å². The molecule has 0 unspecified atom stereocenters. The topological polar surface area (TPSA) is 29.1 Å². The fourth-order valence-corrected chi connectivity index (χ4v) is 2.77. The van der Waals surface area contributed by atoms with E-state index in [-0.39, 0.29) is 11.3 Å². The third kappa shape index (κ3) is 1.94. The van der Waals surface area contributed by atoms with Gasteiger partial charge in [0.2, 0.25) is 5.91 Å². The molecule has 1 N–H and O–H groups in total. The minimum Gasteiger partial charge on any atom is -0.359 e. The van der Waals surface area contributed by atoms with Crippen molar-refractivity contribution in [1.82, 2.24) is 5.32 Å². The Bertz CT molecular complexity index is 194. The standard InChI is InChI=1S/C12H23NO/c1-4-10(2)12(11(14)13-3)8-6-5-7-9-12/h10H,4-9H2,1-3H3,(H,13,14)/t10-/m0/s1. The van der Waals surface area contributed by atoms with Crippen LogP contribution in [0, 0.1) is 11.3 Å². The molecule has 14 heavy (non-hydrogen) atoms. The Labute approximate surface area is 87.5 Å². The molecular weight excluding hydrogens is 174 g/mol. The number of amides is 1. The van der Waals surface area contributed by atoms with E-state index in [4.69, 9.17) is 0 Å². The lowest BCUT2D eigenvalue weighted by molar-refractivity contribution is -0.136. The normalized spacial score (nSPS) is 22.8. The fraction of sp³-hybridized carbons (Fsp3) is 0.917. The molecule has 0 aromatic rings. The number of nitrogens with one attached hydrogen (secondary N) is 1. The molecule has 1 saturated carbocycles. The van der Waals surface area contributed by atoms with E-state index >= 15 is 0 Å². The van der Waals surface area contributed by atoms with E-state index in [1.165, 1.54) is 19.3 Å². The smallest absolute Gasteiger partial charge is 0.226 e. The number of hydrogen-bond acceptors (Lipinski definition) is 1. The minimum absolute atomic E-state index is 0.0538. The highest BCUT2D eigenvalue weighted by Gasteiger charge is 2.42. The Morgan fingerprint density at radius 1 is 1.36 bits per heavy atom. The zero-order chi connectivity index (χ0) is 10.6. The monoisotopic (exact) mass is 197 g/mol. The molecule has 0 heterocycles. The van der Waals surface area contributed by atoms with Gasteiger partial charge in [0.25, 0.3) is 0 Å². The van der Waals surface area contributed by atoms with Gasteiger partial charge in [-0.3, -0.25) is 4.79 Å². The molecule has 1 amide bonds. The maximum Gasteiger partial charge on any atom is 0.226 e. The van der Waals surface area contributed by atoms with Crippen molar-refractivity contribution in [3.8, 4) is 0 Å². The highest BCUT2D eigenvalue weighted by Crippen LogP contribution is 2.43. The number of rotatable bonds is 3. The van der Waals surface area contributed by atoms with Crippen molar-refractivity contribution >= 4 is 5.91 Å². The minimum atomic E-state index is -0.0538. The van der Waals surface area contributed by atoms with E-state index in [0.29, 0.717) is 5.92 Å². The van der Waals surface area contributed by atoms with Crippen LogP contribution >= 0.6 is 0 Å². The summed E-state index contributed by atoms with van der Waals surface area (Å²) >= 11 is 0. The Balaban J connectivity index is 2.82. The van der Waals surface area contributed by atoms with Gasteiger partial charge in [0, 0.05) is 7.05 Å². The lowest BCUT2D eigenvalue weighted by Gasteiger charge is -2.40. The summed E-state index contributed by atoms with van der Waals surface area (Å²) in [6, 6.07) is 0. The molecule has 2 heteroatoms. The summed E-state index contributed by atoms with van der Waals surface area (Å²) in [4.78, 5) is 12.0. The first-order chi connectivity index (χ1) is 6.67. The van der Waals surface area contributed by atoms with Gasteiger partial charge >= 0.3 is 0 Å². The van der Waals surface area contributed by atoms with Crippen LogP contribution in [0.4, 0.5) is 0 Å². The molecule has 1 rings (SSSR count). The van der Waals surface area contributed by atoms with Gasteiger partial charge in [-0.1, -0.05) is 39.5 Å². The van der Waals surface area contributed by atoms with Crippen LogP contribution in [0.25, 0.3) is 0 Å². The van der Waals surface area contributed by atoms with Gasteiger partial charge < -0.3 is 5.32 Å². The lowest BCUT2D eigenvalue weighted by Crippen LogP contribution is -2.45. The molecule has 0 aliphatic heterocycles. The van der Waals surface area contributed by atoms with E-state index in [1.807, 2.05) is 0 Å². The first-order valence-corrected chi connectivity index (χ1v) is 5.89. The van der Waals surface area contributed by atoms with Gasteiger partial charge in [-0.25, -0.2) is 0 Å². The SMILES string of the molecule is CC[C@H](C)C1(C(=O)NC)CCCCC1.